The number of hydrogen-bond donors (Lipinski definition) is 0. The Morgan fingerprint density at radius 3 is 3.00 bits per heavy atom. The molecule has 0 aromatic carbocycles. The second-order valence-electron chi connectivity index (χ2n) is 5.60. The Labute approximate surface area is 114 Å². The lowest BCUT2D eigenvalue weighted by Gasteiger charge is -2.44. The number of rotatable bonds is 3. The zero-order valence-electron chi connectivity index (χ0n) is 11.5. The summed E-state index contributed by atoms with van der Waals surface area (Å²) in [7, 11) is 1.81. The van der Waals surface area contributed by atoms with E-state index >= 15 is 0 Å². The van der Waals surface area contributed by atoms with Crippen LogP contribution < -0.4 is 0 Å². The van der Waals surface area contributed by atoms with Crippen molar-refractivity contribution in [1.82, 2.24) is 9.88 Å². The first-order chi connectivity index (χ1) is 9.32. The lowest BCUT2D eigenvalue weighted by atomic mass is 9.86. The molecule has 19 heavy (non-hydrogen) atoms. The van der Waals surface area contributed by atoms with E-state index in [2.05, 4.69) is 22.0 Å². The number of nitrogens with zero attached hydrogens (tertiary/aromatic N) is 2. The quantitative estimate of drug-likeness (QED) is 0.832. The van der Waals surface area contributed by atoms with E-state index in [0.29, 0.717) is 0 Å². The van der Waals surface area contributed by atoms with Crippen LogP contribution in [0.25, 0.3) is 0 Å². The minimum absolute atomic E-state index is 0.0694. The number of ether oxygens (including phenoxy) is 2. The van der Waals surface area contributed by atoms with Gasteiger partial charge in [0.15, 0.2) is 0 Å². The van der Waals surface area contributed by atoms with Crippen LogP contribution in [0.2, 0.25) is 0 Å². The van der Waals surface area contributed by atoms with Crippen LogP contribution in [-0.2, 0) is 16.0 Å². The van der Waals surface area contributed by atoms with Crippen LogP contribution in [0.4, 0.5) is 0 Å². The zero-order valence-corrected chi connectivity index (χ0v) is 11.5. The molecule has 0 unspecified atom stereocenters. The molecule has 2 aliphatic heterocycles. The summed E-state index contributed by atoms with van der Waals surface area (Å²) in [6.07, 6.45) is 7.31. The molecule has 104 valence electrons. The predicted molar refractivity (Wildman–Crippen MR) is 72.8 cm³/mol. The van der Waals surface area contributed by atoms with E-state index in [-0.39, 0.29) is 11.7 Å². The molecule has 1 aromatic rings. The first-order valence-electron chi connectivity index (χ1n) is 7.10. The molecule has 3 heterocycles. The largest absolute Gasteiger partial charge is 0.378 e. The van der Waals surface area contributed by atoms with Gasteiger partial charge in [0.25, 0.3) is 0 Å². The first kappa shape index (κ1) is 13.0. The average Bonchev–Trinajstić information content (AvgIpc) is 2.89. The van der Waals surface area contributed by atoms with E-state index in [4.69, 9.17) is 9.47 Å². The molecule has 0 N–H and O–H groups in total. The van der Waals surface area contributed by atoms with E-state index < -0.39 is 0 Å². The van der Waals surface area contributed by atoms with Gasteiger partial charge in [-0.15, -0.1) is 0 Å². The molecule has 0 bridgehead atoms. The molecule has 1 spiro atoms. The predicted octanol–water partition coefficient (Wildman–Crippen LogP) is 1.85. The van der Waals surface area contributed by atoms with Gasteiger partial charge in [0.1, 0.15) is 5.60 Å². The summed E-state index contributed by atoms with van der Waals surface area (Å²) < 4.78 is 11.7. The molecule has 0 radical (unpaired) electrons. The van der Waals surface area contributed by atoms with Crippen LogP contribution in [0.15, 0.2) is 24.5 Å². The summed E-state index contributed by atoms with van der Waals surface area (Å²) in [6.45, 7) is 3.91. The highest BCUT2D eigenvalue weighted by Gasteiger charge is 2.46. The number of methoxy groups -OCH3 is 1. The second kappa shape index (κ2) is 5.57. The summed E-state index contributed by atoms with van der Waals surface area (Å²) in [6, 6.07) is 4.18. The monoisotopic (exact) mass is 262 g/mol. The number of hydrogen-bond acceptors (Lipinski definition) is 4. The molecule has 0 amide bonds. The minimum Gasteiger partial charge on any atom is -0.378 e. The lowest BCUT2D eigenvalue weighted by molar-refractivity contribution is -0.145. The van der Waals surface area contributed by atoms with Crippen molar-refractivity contribution in [2.45, 2.75) is 37.5 Å². The lowest BCUT2D eigenvalue weighted by Crippen LogP contribution is -2.56. The number of pyridine rings is 1. The molecule has 2 fully saturated rings. The van der Waals surface area contributed by atoms with Crippen molar-refractivity contribution in [3.63, 3.8) is 0 Å². The Morgan fingerprint density at radius 1 is 1.47 bits per heavy atom. The maximum Gasteiger partial charge on any atom is 0.107 e. The molecule has 4 nitrogen and oxygen atoms in total. The highest BCUT2D eigenvalue weighted by Crippen LogP contribution is 2.36. The summed E-state index contributed by atoms with van der Waals surface area (Å²) in [5, 5.41) is 0. The molecule has 2 aliphatic rings. The third-order valence-electron chi connectivity index (χ3n) is 4.36. The third-order valence-corrected chi connectivity index (χ3v) is 4.36. The Balaban J connectivity index is 1.69. The molecule has 3 rings (SSSR count). The number of likely N-dealkylation sites (tertiary alicyclic amines) is 1. The summed E-state index contributed by atoms with van der Waals surface area (Å²) in [4.78, 5) is 6.55. The Kier molecular flexibility index (Phi) is 3.82. The smallest absolute Gasteiger partial charge is 0.107 e. The maximum atomic E-state index is 6.07. The van der Waals surface area contributed by atoms with E-state index in [0.717, 1.165) is 45.5 Å². The summed E-state index contributed by atoms with van der Waals surface area (Å²) in [5.74, 6) is 0. The van der Waals surface area contributed by atoms with Gasteiger partial charge >= 0.3 is 0 Å². The van der Waals surface area contributed by atoms with Crippen molar-refractivity contribution < 1.29 is 9.47 Å². The molecule has 4 heteroatoms. The highest BCUT2D eigenvalue weighted by molar-refractivity contribution is 5.10. The van der Waals surface area contributed by atoms with Gasteiger partial charge in [-0.3, -0.25) is 9.88 Å². The van der Waals surface area contributed by atoms with Gasteiger partial charge in [0, 0.05) is 45.7 Å². The van der Waals surface area contributed by atoms with Crippen LogP contribution in [0, 0.1) is 0 Å². The fourth-order valence-corrected chi connectivity index (χ4v) is 3.43. The van der Waals surface area contributed by atoms with E-state index in [1.54, 1.807) is 0 Å². The Hall–Kier alpha value is -0.970. The van der Waals surface area contributed by atoms with Crippen molar-refractivity contribution in [2.75, 3.05) is 26.8 Å². The van der Waals surface area contributed by atoms with Gasteiger partial charge in [0.2, 0.25) is 0 Å². The van der Waals surface area contributed by atoms with Crippen LogP contribution >= 0.6 is 0 Å². The van der Waals surface area contributed by atoms with Gasteiger partial charge < -0.3 is 9.47 Å². The molecular formula is C15H22N2O2. The Bertz CT molecular complexity index is 404. The van der Waals surface area contributed by atoms with Gasteiger partial charge in [-0.1, -0.05) is 0 Å². The standard InChI is InChI=1S/C15H22N2O2/c1-18-14-5-9-17(11-13-3-7-16-8-4-13)12-15(14)6-2-10-19-15/h3-4,7-8,14H,2,5-6,9-12H2,1H3/t14-,15-/m0/s1. The van der Waals surface area contributed by atoms with E-state index in [9.17, 15) is 0 Å². The SMILES string of the molecule is CO[C@H]1CCN(Cc2ccncc2)C[C@@]12CCCO2. The van der Waals surface area contributed by atoms with Crippen molar-refractivity contribution >= 4 is 0 Å². The van der Waals surface area contributed by atoms with Gasteiger partial charge in [-0.05, 0) is 37.0 Å². The van der Waals surface area contributed by atoms with E-state index in [1.165, 1.54) is 5.56 Å². The topological polar surface area (TPSA) is 34.6 Å². The molecule has 0 saturated carbocycles. The molecule has 0 aliphatic carbocycles. The van der Waals surface area contributed by atoms with Gasteiger partial charge in [-0.25, -0.2) is 0 Å². The molecule has 1 aromatic heterocycles. The summed E-state index contributed by atoms with van der Waals surface area (Å²) >= 11 is 0. The fourth-order valence-electron chi connectivity index (χ4n) is 3.43. The maximum absolute atomic E-state index is 6.07. The average molecular weight is 262 g/mol. The summed E-state index contributed by atoms with van der Waals surface area (Å²) in [5.41, 5.74) is 1.25. The van der Waals surface area contributed by atoms with Crippen LogP contribution in [-0.4, -0.2) is 48.4 Å². The van der Waals surface area contributed by atoms with Crippen molar-refractivity contribution in [3.05, 3.63) is 30.1 Å². The molecule has 2 saturated heterocycles. The second-order valence-corrected chi connectivity index (χ2v) is 5.60. The van der Waals surface area contributed by atoms with Crippen LogP contribution in [0.5, 0.6) is 0 Å². The van der Waals surface area contributed by atoms with Crippen LogP contribution in [0.3, 0.4) is 0 Å². The Morgan fingerprint density at radius 2 is 2.32 bits per heavy atom. The normalized spacial score (nSPS) is 31.9. The minimum atomic E-state index is -0.0694. The van der Waals surface area contributed by atoms with Crippen molar-refractivity contribution in [2.24, 2.45) is 0 Å². The number of piperidine rings is 1. The van der Waals surface area contributed by atoms with E-state index in [1.807, 2.05) is 19.5 Å². The van der Waals surface area contributed by atoms with Crippen LogP contribution in [0.1, 0.15) is 24.8 Å². The van der Waals surface area contributed by atoms with Crippen molar-refractivity contribution in [1.29, 1.82) is 0 Å². The van der Waals surface area contributed by atoms with Gasteiger partial charge in [0.05, 0.1) is 6.10 Å². The molecular weight excluding hydrogens is 240 g/mol. The van der Waals surface area contributed by atoms with Crippen molar-refractivity contribution in [3.8, 4) is 0 Å². The number of aromatic nitrogens is 1. The van der Waals surface area contributed by atoms with Gasteiger partial charge in [-0.2, -0.15) is 0 Å². The third kappa shape index (κ3) is 2.66. The molecule has 2 atom stereocenters. The zero-order chi connectivity index (χ0) is 13.1. The fraction of sp³-hybridized carbons (Fsp3) is 0.667. The highest BCUT2D eigenvalue weighted by atomic mass is 16.5. The first-order valence-corrected chi connectivity index (χ1v) is 7.10.